The summed E-state index contributed by atoms with van der Waals surface area (Å²) < 4.78 is 22.0. The lowest BCUT2D eigenvalue weighted by molar-refractivity contribution is -0.139. The van der Waals surface area contributed by atoms with Gasteiger partial charge in [-0.1, -0.05) is 18.2 Å². The summed E-state index contributed by atoms with van der Waals surface area (Å²) in [5.41, 5.74) is 1.43. The summed E-state index contributed by atoms with van der Waals surface area (Å²) >= 11 is 0. The molecule has 0 N–H and O–H groups in total. The molecule has 35 heavy (non-hydrogen) atoms. The highest BCUT2D eigenvalue weighted by atomic mass is 16.6. The number of likely N-dealkylation sites (tertiary alicyclic amines) is 1. The Balaban J connectivity index is 1.49. The predicted molar refractivity (Wildman–Crippen MR) is 132 cm³/mol. The fourth-order valence-electron chi connectivity index (χ4n) is 4.52. The standard InChI is InChI=1S/C27H30N2O6/c1-17-8-7-9-18(2)29(17)25(30)16-34-23-13-12-19(15-24(23)33-4)14-21-27(31)35-26(28-21)20-10-5-6-11-22(20)32-3/h5-6,10-15,17-18H,7-9,16H2,1-4H3/b21-14+. The fraction of sp³-hybridized carbons (Fsp3) is 0.370. The van der Waals surface area contributed by atoms with Crippen LogP contribution >= 0.6 is 0 Å². The number of carbonyl (C=O) groups is 2. The molecule has 1 amide bonds. The van der Waals surface area contributed by atoms with Gasteiger partial charge in [-0.2, -0.15) is 0 Å². The maximum atomic E-state index is 12.8. The number of benzene rings is 2. The summed E-state index contributed by atoms with van der Waals surface area (Å²) in [4.78, 5) is 31.5. The van der Waals surface area contributed by atoms with E-state index in [0.717, 1.165) is 19.3 Å². The van der Waals surface area contributed by atoms with E-state index < -0.39 is 5.97 Å². The lowest BCUT2D eigenvalue weighted by atomic mass is 9.97. The zero-order valence-electron chi connectivity index (χ0n) is 20.4. The number of piperidine rings is 1. The van der Waals surface area contributed by atoms with Crippen LogP contribution < -0.4 is 14.2 Å². The summed E-state index contributed by atoms with van der Waals surface area (Å²) in [6, 6.07) is 12.8. The van der Waals surface area contributed by atoms with Crippen molar-refractivity contribution in [1.82, 2.24) is 4.90 Å². The summed E-state index contributed by atoms with van der Waals surface area (Å²) in [6.07, 6.45) is 4.76. The topological polar surface area (TPSA) is 86.7 Å². The maximum absolute atomic E-state index is 12.8. The molecule has 2 aliphatic rings. The van der Waals surface area contributed by atoms with Crippen molar-refractivity contribution < 1.29 is 28.5 Å². The van der Waals surface area contributed by atoms with Gasteiger partial charge in [0.15, 0.2) is 23.8 Å². The number of para-hydroxylation sites is 1. The van der Waals surface area contributed by atoms with E-state index in [4.69, 9.17) is 18.9 Å². The molecule has 0 spiro atoms. The van der Waals surface area contributed by atoms with E-state index in [1.54, 1.807) is 43.5 Å². The van der Waals surface area contributed by atoms with Gasteiger partial charge in [0, 0.05) is 12.1 Å². The number of hydrogen-bond acceptors (Lipinski definition) is 7. The first kappa shape index (κ1) is 24.3. The number of amides is 1. The van der Waals surface area contributed by atoms with E-state index in [1.807, 2.05) is 17.0 Å². The zero-order valence-corrected chi connectivity index (χ0v) is 20.4. The van der Waals surface area contributed by atoms with Gasteiger partial charge < -0.3 is 23.8 Å². The van der Waals surface area contributed by atoms with Crippen molar-refractivity contribution in [2.75, 3.05) is 20.8 Å². The lowest BCUT2D eigenvalue weighted by Crippen LogP contribution is -2.49. The molecule has 4 rings (SSSR count). The Labute approximate surface area is 205 Å². The van der Waals surface area contributed by atoms with Crippen LogP contribution in [0.4, 0.5) is 0 Å². The monoisotopic (exact) mass is 478 g/mol. The second-order valence-corrected chi connectivity index (χ2v) is 8.67. The molecule has 8 heteroatoms. The molecule has 1 fully saturated rings. The minimum Gasteiger partial charge on any atom is -0.496 e. The third-order valence-electron chi connectivity index (χ3n) is 6.28. The molecule has 1 saturated heterocycles. The van der Waals surface area contributed by atoms with Gasteiger partial charge in [0.2, 0.25) is 5.90 Å². The normalized spacial score (nSPS) is 20.9. The number of methoxy groups -OCH3 is 2. The number of nitrogens with zero attached hydrogens (tertiary/aromatic N) is 2. The van der Waals surface area contributed by atoms with Crippen LogP contribution in [0.15, 0.2) is 53.2 Å². The van der Waals surface area contributed by atoms with Crippen LogP contribution in [0.3, 0.4) is 0 Å². The average molecular weight is 479 g/mol. The Hall–Kier alpha value is -3.81. The van der Waals surface area contributed by atoms with Gasteiger partial charge in [0.1, 0.15) is 5.75 Å². The zero-order chi connectivity index (χ0) is 24.9. The second-order valence-electron chi connectivity index (χ2n) is 8.67. The minimum absolute atomic E-state index is 0.0372. The highest BCUT2D eigenvalue weighted by molar-refractivity contribution is 6.13. The molecule has 2 unspecified atom stereocenters. The quantitative estimate of drug-likeness (QED) is 0.438. The summed E-state index contributed by atoms with van der Waals surface area (Å²) in [5.74, 6) is 1.06. The number of carbonyl (C=O) groups excluding carboxylic acids is 2. The van der Waals surface area contributed by atoms with Crippen molar-refractivity contribution in [2.45, 2.75) is 45.2 Å². The first-order chi connectivity index (χ1) is 16.9. The van der Waals surface area contributed by atoms with Crippen molar-refractivity contribution in [3.63, 3.8) is 0 Å². The third-order valence-corrected chi connectivity index (χ3v) is 6.28. The number of rotatable bonds is 7. The van der Waals surface area contributed by atoms with E-state index in [1.165, 1.54) is 7.11 Å². The van der Waals surface area contributed by atoms with Crippen molar-refractivity contribution in [3.8, 4) is 17.2 Å². The largest absolute Gasteiger partial charge is 0.496 e. The van der Waals surface area contributed by atoms with Crippen LogP contribution in [0.25, 0.3) is 6.08 Å². The molecule has 8 nitrogen and oxygen atoms in total. The van der Waals surface area contributed by atoms with Crippen LogP contribution in [0.5, 0.6) is 17.2 Å². The van der Waals surface area contributed by atoms with Gasteiger partial charge in [-0.15, -0.1) is 0 Å². The molecule has 0 radical (unpaired) electrons. The number of aliphatic imine (C=N–C) groups is 1. The van der Waals surface area contributed by atoms with E-state index in [9.17, 15) is 9.59 Å². The van der Waals surface area contributed by atoms with Crippen molar-refractivity contribution in [1.29, 1.82) is 0 Å². The SMILES string of the molecule is COc1cc(/C=C2/N=C(c3ccccc3OC)OC2=O)ccc1OCC(=O)N1C(C)CCCC1C. The molecule has 2 aliphatic heterocycles. The second kappa shape index (κ2) is 10.6. The fourth-order valence-corrected chi connectivity index (χ4v) is 4.52. The van der Waals surface area contributed by atoms with Gasteiger partial charge in [0.05, 0.1) is 19.8 Å². The van der Waals surface area contributed by atoms with Crippen LogP contribution in [-0.4, -0.2) is 55.6 Å². The predicted octanol–water partition coefficient (Wildman–Crippen LogP) is 4.22. The smallest absolute Gasteiger partial charge is 0.363 e. The molecule has 0 bridgehead atoms. The summed E-state index contributed by atoms with van der Waals surface area (Å²) in [6.45, 7) is 4.09. The molecule has 2 atom stereocenters. The Bertz CT molecular complexity index is 1160. The first-order valence-corrected chi connectivity index (χ1v) is 11.7. The third kappa shape index (κ3) is 5.31. The highest BCUT2D eigenvalue weighted by Crippen LogP contribution is 2.31. The van der Waals surface area contributed by atoms with E-state index in [2.05, 4.69) is 18.8 Å². The van der Waals surface area contributed by atoms with E-state index in [0.29, 0.717) is 28.4 Å². The van der Waals surface area contributed by atoms with Crippen molar-refractivity contribution in [3.05, 3.63) is 59.3 Å². The van der Waals surface area contributed by atoms with Gasteiger partial charge in [-0.05, 0) is 69.0 Å². The van der Waals surface area contributed by atoms with Crippen LogP contribution in [0.1, 0.15) is 44.2 Å². The Morgan fingerprint density at radius 3 is 2.49 bits per heavy atom. The van der Waals surface area contributed by atoms with Crippen LogP contribution in [-0.2, 0) is 14.3 Å². The van der Waals surface area contributed by atoms with E-state index >= 15 is 0 Å². The number of cyclic esters (lactones) is 1. The molecule has 184 valence electrons. The van der Waals surface area contributed by atoms with Crippen LogP contribution in [0, 0.1) is 0 Å². The Morgan fingerprint density at radius 2 is 1.77 bits per heavy atom. The van der Waals surface area contributed by atoms with Crippen molar-refractivity contribution >= 4 is 23.9 Å². The van der Waals surface area contributed by atoms with E-state index in [-0.39, 0.29) is 36.2 Å². The first-order valence-electron chi connectivity index (χ1n) is 11.7. The van der Waals surface area contributed by atoms with Gasteiger partial charge in [-0.3, -0.25) is 4.79 Å². The summed E-state index contributed by atoms with van der Waals surface area (Å²) in [5, 5.41) is 0. The average Bonchev–Trinajstić information content (AvgIpc) is 3.22. The number of esters is 1. The molecule has 2 heterocycles. The molecule has 0 saturated carbocycles. The van der Waals surface area contributed by atoms with Crippen LogP contribution in [0.2, 0.25) is 0 Å². The lowest BCUT2D eigenvalue weighted by Gasteiger charge is -2.39. The van der Waals surface area contributed by atoms with Crippen molar-refractivity contribution in [2.24, 2.45) is 4.99 Å². The Kier molecular flexibility index (Phi) is 7.39. The molecule has 0 aliphatic carbocycles. The molecular formula is C27H30N2O6. The van der Waals surface area contributed by atoms with Gasteiger partial charge in [-0.25, -0.2) is 9.79 Å². The molecular weight excluding hydrogens is 448 g/mol. The Morgan fingerprint density at radius 1 is 1.06 bits per heavy atom. The van der Waals surface area contributed by atoms with Gasteiger partial charge in [0.25, 0.3) is 5.91 Å². The minimum atomic E-state index is -0.555. The number of ether oxygens (including phenoxy) is 4. The molecule has 2 aromatic carbocycles. The molecule has 0 aromatic heterocycles. The number of hydrogen-bond donors (Lipinski definition) is 0. The van der Waals surface area contributed by atoms with Gasteiger partial charge >= 0.3 is 5.97 Å². The highest BCUT2D eigenvalue weighted by Gasteiger charge is 2.29. The molecule has 2 aromatic rings. The summed E-state index contributed by atoms with van der Waals surface area (Å²) in [7, 11) is 3.07. The maximum Gasteiger partial charge on any atom is 0.363 e.